The van der Waals surface area contributed by atoms with Gasteiger partial charge < -0.3 is 10.5 Å². The smallest absolute Gasteiger partial charge is 0.854 e. The van der Waals surface area contributed by atoms with E-state index in [2.05, 4.69) is 11.1 Å². The molecule has 0 spiro atoms. The molecule has 1 unspecified atom stereocenters. The topological polar surface area (TPSA) is 55.4 Å². The minimum Gasteiger partial charge on any atom is -0.854 e. The van der Waals surface area contributed by atoms with Crippen LogP contribution in [0.2, 0.25) is 10.0 Å². The maximum Gasteiger partial charge on any atom is 2.00 e. The molecule has 0 radical (unpaired) electrons. The number of benzene rings is 2. The summed E-state index contributed by atoms with van der Waals surface area (Å²) < 4.78 is 0. The molecule has 1 aromatic heterocycles. The van der Waals surface area contributed by atoms with Crippen LogP contribution >= 0.6 is 23.2 Å². The van der Waals surface area contributed by atoms with Crippen LogP contribution in [0.15, 0.2) is 72.6 Å². The summed E-state index contributed by atoms with van der Waals surface area (Å²) in [5, 5.41) is 22.6. The molecule has 28 heavy (non-hydrogen) atoms. The first-order valence-corrected chi connectivity index (χ1v) is 9.01. The molecule has 0 saturated carbocycles. The van der Waals surface area contributed by atoms with E-state index >= 15 is 0 Å². The third-order valence-corrected chi connectivity index (χ3v) is 4.56. The molecular formula is C22H16Cl2N2OU. The molecule has 0 bridgehead atoms. The fourth-order valence-corrected chi connectivity index (χ4v) is 3.16. The van der Waals surface area contributed by atoms with Crippen molar-refractivity contribution in [3.8, 4) is 0 Å². The molecule has 0 aliphatic heterocycles. The van der Waals surface area contributed by atoms with E-state index in [4.69, 9.17) is 23.2 Å². The van der Waals surface area contributed by atoms with Crippen molar-refractivity contribution in [1.82, 2.24) is 4.98 Å². The Bertz CT molecular complexity index is 1010. The summed E-state index contributed by atoms with van der Waals surface area (Å²) in [6.45, 7) is 1.96. The van der Waals surface area contributed by atoms with Crippen molar-refractivity contribution in [2.24, 2.45) is 0 Å². The second-order valence-corrected chi connectivity index (χ2v) is 6.91. The maximum atomic E-state index is 10.9. The summed E-state index contributed by atoms with van der Waals surface area (Å²) in [6.07, 6.45) is 5.14. The number of aliphatic hydroxyl groups is 1. The molecule has 3 nitrogen and oxygen atoms in total. The Labute approximate surface area is 198 Å². The predicted octanol–water partition coefficient (Wildman–Crippen LogP) is 5.57. The Balaban J connectivity index is 0.00000280. The number of hydrogen-bond acceptors (Lipinski definition) is 2. The Morgan fingerprint density at radius 1 is 1.11 bits per heavy atom. The zero-order valence-electron chi connectivity index (χ0n) is 15.0. The number of halogens is 2. The molecule has 2 aromatic carbocycles. The number of hydrogen-bond donors (Lipinski definition) is 1. The number of nitrogens with zero attached hydrogens (tertiary/aromatic N) is 2. The minimum atomic E-state index is -1.13. The molecule has 0 aliphatic rings. The van der Waals surface area contributed by atoms with E-state index in [1.807, 2.05) is 31.2 Å². The first kappa shape index (κ1) is 22.9. The second-order valence-electron chi connectivity index (χ2n) is 6.07. The van der Waals surface area contributed by atoms with E-state index < -0.39 is 6.10 Å². The van der Waals surface area contributed by atoms with E-state index in [-0.39, 0.29) is 47.4 Å². The monoisotopic (exact) mass is 632 g/mol. The van der Waals surface area contributed by atoms with Gasteiger partial charge in [-0.2, -0.15) is 0 Å². The van der Waals surface area contributed by atoms with Crippen LogP contribution < -0.4 is 0 Å². The molecule has 1 atom stereocenters. The fourth-order valence-electron chi connectivity index (χ4n) is 2.67. The van der Waals surface area contributed by atoms with E-state index in [9.17, 15) is 10.5 Å². The molecule has 0 amide bonds. The van der Waals surface area contributed by atoms with Gasteiger partial charge in [-0.05, 0) is 25.1 Å². The quantitative estimate of drug-likeness (QED) is 0.296. The predicted molar refractivity (Wildman–Crippen MR) is 110 cm³/mol. The molecule has 138 valence electrons. The summed E-state index contributed by atoms with van der Waals surface area (Å²) in [4.78, 5) is 4.04. The van der Waals surface area contributed by atoms with Crippen molar-refractivity contribution < 1.29 is 36.2 Å². The van der Waals surface area contributed by atoms with E-state index in [0.717, 1.165) is 11.1 Å². The summed E-state index contributed by atoms with van der Waals surface area (Å²) >= 11 is 12.2. The summed E-state index contributed by atoms with van der Waals surface area (Å²) in [5.74, 6) is 0. The van der Waals surface area contributed by atoms with Crippen LogP contribution in [0.3, 0.4) is 0 Å². The normalized spacial score (nSPS) is 12.2. The first-order valence-electron chi connectivity index (χ1n) is 8.26. The van der Waals surface area contributed by atoms with Gasteiger partial charge in [0.2, 0.25) is 0 Å². The van der Waals surface area contributed by atoms with Gasteiger partial charge in [0.1, 0.15) is 0 Å². The van der Waals surface area contributed by atoms with Gasteiger partial charge in [0.15, 0.2) is 0 Å². The van der Waals surface area contributed by atoms with Crippen LogP contribution in [-0.2, 0) is 0 Å². The molecule has 1 N–H and O–H groups in total. The Morgan fingerprint density at radius 2 is 1.89 bits per heavy atom. The van der Waals surface area contributed by atoms with Crippen LogP contribution in [-0.4, -0.2) is 15.8 Å². The Kier molecular flexibility index (Phi) is 8.49. The van der Waals surface area contributed by atoms with Crippen molar-refractivity contribution in [1.29, 1.82) is 0 Å². The van der Waals surface area contributed by atoms with Gasteiger partial charge in [-0.25, -0.2) is 5.71 Å². The zero-order valence-corrected chi connectivity index (χ0v) is 20.7. The summed E-state index contributed by atoms with van der Waals surface area (Å²) in [5.41, 5.74) is 2.68. The molecule has 0 saturated heterocycles. The largest absolute Gasteiger partial charge is 2.00 e. The first-order chi connectivity index (χ1) is 13.0. The van der Waals surface area contributed by atoms with Crippen LogP contribution in [0, 0.1) is 44.1 Å². The van der Waals surface area contributed by atoms with Crippen molar-refractivity contribution in [3.05, 3.63) is 116 Å². The van der Waals surface area contributed by atoms with Crippen molar-refractivity contribution >= 4 is 28.9 Å². The fraction of sp³-hybridized carbons (Fsp3) is 0.0909. The van der Waals surface area contributed by atoms with Crippen molar-refractivity contribution in [2.45, 2.75) is 13.0 Å². The van der Waals surface area contributed by atoms with Crippen molar-refractivity contribution in [3.63, 3.8) is 0 Å². The Morgan fingerprint density at radius 3 is 2.54 bits per heavy atom. The van der Waals surface area contributed by atoms with Crippen LogP contribution in [0.5, 0.6) is 0 Å². The molecule has 0 fully saturated rings. The SMILES string of the molecule is Cc1cccc([C-]=C(C(=[N-])c2ccc(Cl)cc2Cl)C(O)c2cccnc2)c1.[U+2]. The average Bonchev–Trinajstić information content (AvgIpc) is 2.66. The molecule has 1 heterocycles. The standard InChI is InChI=1S/C22H16Cl2N2O.U/c1-14-4-2-5-15(10-14)11-19(22(27)16-6-3-9-26-13-16)21(25)18-8-7-17(23)12-20(18)24;/h2-10,12-13,22,27H,1H3;/q-2;+2. The van der Waals surface area contributed by atoms with Gasteiger partial charge in [-0.3, -0.25) is 4.98 Å². The van der Waals surface area contributed by atoms with Gasteiger partial charge >= 0.3 is 31.1 Å². The number of aromatic nitrogens is 1. The van der Waals surface area contributed by atoms with Gasteiger partial charge in [0.25, 0.3) is 0 Å². The maximum absolute atomic E-state index is 10.9. The molecule has 6 heteroatoms. The minimum absolute atomic E-state index is 0. The van der Waals surface area contributed by atoms with Crippen molar-refractivity contribution in [2.75, 3.05) is 0 Å². The Hall–Kier alpha value is -1.41. The second kappa shape index (κ2) is 10.4. The van der Waals surface area contributed by atoms with Crippen LogP contribution in [0.4, 0.5) is 0 Å². The van der Waals surface area contributed by atoms with E-state index in [1.54, 1.807) is 36.7 Å². The summed E-state index contributed by atoms with van der Waals surface area (Å²) in [7, 11) is 0. The number of pyridine rings is 1. The van der Waals surface area contributed by atoms with Gasteiger partial charge in [0, 0.05) is 28.0 Å². The average molecular weight is 633 g/mol. The third kappa shape index (κ3) is 5.57. The molecular weight excluding hydrogens is 617 g/mol. The molecule has 3 rings (SSSR count). The van der Waals surface area contributed by atoms with Gasteiger partial charge in [-0.1, -0.05) is 52.5 Å². The summed E-state index contributed by atoms with van der Waals surface area (Å²) in [6, 6.07) is 15.8. The van der Waals surface area contributed by atoms with E-state index in [0.29, 0.717) is 16.1 Å². The molecule has 3 aromatic rings. The van der Waals surface area contributed by atoms with Gasteiger partial charge in [0.05, 0.1) is 6.10 Å². The number of aliphatic hydroxyl groups excluding tert-OH is 1. The van der Waals surface area contributed by atoms with Crippen LogP contribution in [0.25, 0.3) is 5.41 Å². The van der Waals surface area contributed by atoms with Gasteiger partial charge in [-0.15, -0.1) is 35.4 Å². The zero-order chi connectivity index (χ0) is 19.4. The van der Waals surface area contributed by atoms with Crippen LogP contribution in [0.1, 0.15) is 28.4 Å². The van der Waals surface area contributed by atoms with E-state index in [1.165, 1.54) is 6.07 Å². The number of rotatable bonds is 5. The number of aryl methyl sites for hydroxylation is 1. The third-order valence-electron chi connectivity index (χ3n) is 4.01. The molecule has 0 aliphatic carbocycles.